The fourth-order valence-corrected chi connectivity index (χ4v) is 1.91. The fourth-order valence-electron chi connectivity index (χ4n) is 1.91. The van der Waals surface area contributed by atoms with Crippen LogP contribution in [-0.2, 0) is 0 Å². The zero-order valence-electron chi connectivity index (χ0n) is 7.51. The second-order valence-electron chi connectivity index (χ2n) is 3.44. The average Bonchev–Trinajstić information content (AvgIpc) is 2.05. The Kier molecular flexibility index (Phi) is 2.72. The molecule has 0 radical (unpaired) electrons. The van der Waals surface area contributed by atoms with Gasteiger partial charge < -0.3 is 5.11 Å². The van der Waals surface area contributed by atoms with Crippen molar-refractivity contribution in [3.8, 4) is 0 Å². The molecule has 0 saturated heterocycles. The van der Waals surface area contributed by atoms with E-state index in [1.807, 2.05) is 0 Å². The summed E-state index contributed by atoms with van der Waals surface area (Å²) in [7, 11) is 0. The van der Waals surface area contributed by atoms with Crippen molar-refractivity contribution in [3.05, 3.63) is 12.2 Å². The van der Waals surface area contributed by atoms with Crippen LogP contribution in [0.1, 0.15) is 39.5 Å². The summed E-state index contributed by atoms with van der Waals surface area (Å²) in [5, 5.41) is 10.1. The van der Waals surface area contributed by atoms with Crippen LogP contribution in [0.4, 0.5) is 0 Å². The number of allylic oxidation sites excluding steroid dienone is 1. The van der Waals surface area contributed by atoms with Gasteiger partial charge >= 0.3 is 0 Å². The highest BCUT2D eigenvalue weighted by Crippen LogP contribution is 2.33. The van der Waals surface area contributed by atoms with Crippen molar-refractivity contribution < 1.29 is 5.11 Å². The Bertz CT molecular complexity index is 151. The molecule has 0 aromatic heterocycles. The average molecular weight is 154 g/mol. The maximum atomic E-state index is 10.1. The van der Waals surface area contributed by atoms with Crippen LogP contribution in [0.5, 0.6) is 0 Å². The molecule has 2 unspecified atom stereocenters. The Morgan fingerprint density at radius 1 is 1.55 bits per heavy atom. The van der Waals surface area contributed by atoms with Crippen molar-refractivity contribution in [2.45, 2.75) is 45.1 Å². The molecule has 0 aliphatic heterocycles. The van der Waals surface area contributed by atoms with Gasteiger partial charge in [0.05, 0.1) is 5.60 Å². The Morgan fingerprint density at radius 3 is 2.73 bits per heavy atom. The van der Waals surface area contributed by atoms with Crippen molar-refractivity contribution >= 4 is 0 Å². The molecule has 0 amide bonds. The lowest BCUT2D eigenvalue weighted by Gasteiger charge is -2.35. The zero-order chi connectivity index (χ0) is 8.32. The minimum absolute atomic E-state index is 0.390. The van der Waals surface area contributed by atoms with Gasteiger partial charge in [-0.05, 0) is 25.7 Å². The normalized spacial score (nSPS) is 37.5. The van der Waals surface area contributed by atoms with E-state index in [1.165, 1.54) is 0 Å². The zero-order valence-corrected chi connectivity index (χ0v) is 7.51. The third kappa shape index (κ3) is 1.64. The lowest BCUT2D eigenvalue weighted by Crippen LogP contribution is -2.37. The van der Waals surface area contributed by atoms with Gasteiger partial charge in [0.25, 0.3) is 0 Å². The lowest BCUT2D eigenvalue weighted by atomic mass is 9.76. The molecule has 64 valence electrons. The van der Waals surface area contributed by atoms with Crippen LogP contribution in [0.3, 0.4) is 0 Å². The van der Waals surface area contributed by atoms with E-state index in [0.717, 1.165) is 25.7 Å². The standard InChI is InChI=1S/C10H18O/c1-3-9-7-5-6-8-10(9,11)4-2/h5,7,9,11H,3-4,6,8H2,1-2H3. The summed E-state index contributed by atoms with van der Waals surface area (Å²) in [6, 6.07) is 0. The molecular weight excluding hydrogens is 136 g/mol. The molecule has 2 atom stereocenters. The first kappa shape index (κ1) is 8.79. The van der Waals surface area contributed by atoms with E-state index in [1.54, 1.807) is 0 Å². The number of aliphatic hydroxyl groups is 1. The molecule has 0 saturated carbocycles. The number of hydrogen-bond acceptors (Lipinski definition) is 1. The Morgan fingerprint density at radius 2 is 2.27 bits per heavy atom. The first-order chi connectivity index (χ1) is 5.23. The van der Waals surface area contributed by atoms with Gasteiger partial charge in [-0.1, -0.05) is 26.0 Å². The number of hydrogen-bond donors (Lipinski definition) is 1. The van der Waals surface area contributed by atoms with Crippen molar-refractivity contribution in [2.75, 3.05) is 0 Å². The topological polar surface area (TPSA) is 20.2 Å². The van der Waals surface area contributed by atoms with Crippen LogP contribution in [-0.4, -0.2) is 10.7 Å². The van der Waals surface area contributed by atoms with Gasteiger partial charge in [-0.3, -0.25) is 0 Å². The molecule has 0 aromatic carbocycles. The van der Waals surface area contributed by atoms with E-state index >= 15 is 0 Å². The van der Waals surface area contributed by atoms with Gasteiger partial charge in [0, 0.05) is 5.92 Å². The molecule has 1 N–H and O–H groups in total. The highest BCUT2D eigenvalue weighted by molar-refractivity contribution is 5.04. The van der Waals surface area contributed by atoms with Crippen LogP contribution in [0, 0.1) is 5.92 Å². The Labute approximate surface area is 69.1 Å². The van der Waals surface area contributed by atoms with E-state index < -0.39 is 5.60 Å². The number of rotatable bonds is 2. The van der Waals surface area contributed by atoms with E-state index in [0.29, 0.717) is 5.92 Å². The van der Waals surface area contributed by atoms with Gasteiger partial charge in [0.2, 0.25) is 0 Å². The van der Waals surface area contributed by atoms with Crippen molar-refractivity contribution in [1.82, 2.24) is 0 Å². The first-order valence-corrected chi connectivity index (χ1v) is 4.62. The fraction of sp³-hybridized carbons (Fsp3) is 0.800. The van der Waals surface area contributed by atoms with Crippen molar-refractivity contribution in [1.29, 1.82) is 0 Å². The smallest absolute Gasteiger partial charge is 0.0710 e. The highest BCUT2D eigenvalue weighted by Gasteiger charge is 2.33. The van der Waals surface area contributed by atoms with Gasteiger partial charge in [-0.15, -0.1) is 0 Å². The molecule has 1 aliphatic carbocycles. The van der Waals surface area contributed by atoms with E-state index in [4.69, 9.17) is 0 Å². The summed E-state index contributed by atoms with van der Waals surface area (Å²) in [5.74, 6) is 0.390. The molecule has 1 nitrogen and oxygen atoms in total. The van der Waals surface area contributed by atoms with Crippen molar-refractivity contribution in [3.63, 3.8) is 0 Å². The van der Waals surface area contributed by atoms with Gasteiger partial charge in [-0.25, -0.2) is 0 Å². The molecule has 0 aromatic rings. The van der Waals surface area contributed by atoms with Gasteiger partial charge in [0.15, 0.2) is 0 Å². The molecule has 1 aliphatic rings. The minimum Gasteiger partial charge on any atom is -0.389 e. The first-order valence-electron chi connectivity index (χ1n) is 4.62. The molecule has 1 rings (SSSR count). The monoisotopic (exact) mass is 154 g/mol. The predicted octanol–water partition coefficient (Wildman–Crippen LogP) is 2.50. The summed E-state index contributed by atoms with van der Waals surface area (Å²) in [6.45, 7) is 4.21. The summed E-state index contributed by atoms with van der Waals surface area (Å²) in [6.07, 6.45) is 8.29. The van der Waals surface area contributed by atoms with Crippen LogP contribution < -0.4 is 0 Å². The molecule has 1 heteroatoms. The molecule has 0 heterocycles. The van der Waals surface area contributed by atoms with Gasteiger partial charge in [-0.2, -0.15) is 0 Å². The van der Waals surface area contributed by atoms with Crippen LogP contribution in [0.25, 0.3) is 0 Å². The summed E-state index contributed by atoms with van der Waals surface area (Å²) < 4.78 is 0. The molecular formula is C10H18O. The van der Waals surface area contributed by atoms with Crippen LogP contribution in [0.2, 0.25) is 0 Å². The second kappa shape index (κ2) is 3.40. The van der Waals surface area contributed by atoms with E-state index in [-0.39, 0.29) is 0 Å². The third-order valence-electron chi connectivity index (χ3n) is 2.85. The summed E-state index contributed by atoms with van der Waals surface area (Å²) in [5.41, 5.74) is -0.399. The molecule has 0 bridgehead atoms. The second-order valence-corrected chi connectivity index (χ2v) is 3.44. The van der Waals surface area contributed by atoms with Gasteiger partial charge in [0.1, 0.15) is 0 Å². The maximum Gasteiger partial charge on any atom is 0.0710 e. The molecule has 0 spiro atoms. The largest absolute Gasteiger partial charge is 0.389 e. The quantitative estimate of drug-likeness (QED) is 0.606. The Hall–Kier alpha value is -0.300. The van der Waals surface area contributed by atoms with E-state index in [2.05, 4.69) is 26.0 Å². The third-order valence-corrected chi connectivity index (χ3v) is 2.85. The summed E-state index contributed by atoms with van der Waals surface area (Å²) in [4.78, 5) is 0. The minimum atomic E-state index is -0.399. The lowest BCUT2D eigenvalue weighted by molar-refractivity contribution is -0.0173. The highest BCUT2D eigenvalue weighted by atomic mass is 16.3. The van der Waals surface area contributed by atoms with Crippen molar-refractivity contribution in [2.24, 2.45) is 5.92 Å². The van der Waals surface area contributed by atoms with Crippen LogP contribution in [0.15, 0.2) is 12.2 Å². The predicted molar refractivity (Wildman–Crippen MR) is 47.4 cm³/mol. The molecule has 0 fully saturated rings. The van der Waals surface area contributed by atoms with E-state index in [9.17, 15) is 5.11 Å². The maximum absolute atomic E-state index is 10.1. The SMILES string of the molecule is CCC1C=CCCC1(O)CC. The Balaban J connectivity index is 2.70. The summed E-state index contributed by atoms with van der Waals surface area (Å²) >= 11 is 0. The molecule has 11 heavy (non-hydrogen) atoms. The van der Waals surface area contributed by atoms with Crippen LogP contribution >= 0.6 is 0 Å².